The predicted molar refractivity (Wildman–Crippen MR) is 61.7 cm³/mol. The Morgan fingerprint density at radius 3 is 2.33 bits per heavy atom. The Morgan fingerprint density at radius 2 is 1.87 bits per heavy atom. The molecule has 1 rings (SSSR count). The quantitative estimate of drug-likeness (QED) is 0.706. The highest BCUT2D eigenvalue weighted by Crippen LogP contribution is 2.09. The van der Waals surface area contributed by atoms with Gasteiger partial charge in [0.1, 0.15) is 0 Å². The fraction of sp³-hybridized carbons (Fsp3) is 0.308. The van der Waals surface area contributed by atoms with Crippen LogP contribution < -0.4 is 0 Å². The topological polar surface area (TPSA) is 26.3 Å². The van der Waals surface area contributed by atoms with Crippen molar-refractivity contribution in [1.29, 1.82) is 0 Å². The van der Waals surface area contributed by atoms with Crippen LogP contribution in [-0.2, 0) is 4.74 Å². The second-order valence-corrected chi connectivity index (χ2v) is 3.56. The standard InChI is InChI=1S/C13H16O2/c1-4-15-13(14)12-7-5-11(6-8-12)9-10(2)3/h5-9H,4H2,1-3H3. The molecule has 0 aliphatic carbocycles. The molecule has 0 radical (unpaired) electrons. The van der Waals surface area contributed by atoms with E-state index in [-0.39, 0.29) is 5.97 Å². The first-order chi connectivity index (χ1) is 7.13. The third kappa shape index (κ3) is 3.58. The van der Waals surface area contributed by atoms with E-state index in [2.05, 4.69) is 6.08 Å². The molecule has 0 heterocycles. The zero-order valence-electron chi connectivity index (χ0n) is 9.41. The van der Waals surface area contributed by atoms with Gasteiger partial charge in [-0.1, -0.05) is 23.8 Å². The van der Waals surface area contributed by atoms with Crippen LogP contribution >= 0.6 is 0 Å². The SMILES string of the molecule is CCOC(=O)c1ccc(C=C(C)C)cc1. The zero-order chi connectivity index (χ0) is 11.3. The van der Waals surface area contributed by atoms with Crippen molar-refractivity contribution in [2.45, 2.75) is 20.8 Å². The van der Waals surface area contributed by atoms with Crippen molar-refractivity contribution in [3.8, 4) is 0 Å². The van der Waals surface area contributed by atoms with Crippen molar-refractivity contribution in [3.05, 3.63) is 41.0 Å². The summed E-state index contributed by atoms with van der Waals surface area (Å²) in [6.07, 6.45) is 2.06. The number of carbonyl (C=O) groups excluding carboxylic acids is 1. The lowest BCUT2D eigenvalue weighted by Gasteiger charge is -2.01. The summed E-state index contributed by atoms with van der Waals surface area (Å²) in [5.74, 6) is -0.263. The van der Waals surface area contributed by atoms with Gasteiger partial charge in [-0.2, -0.15) is 0 Å². The molecule has 2 nitrogen and oxygen atoms in total. The molecule has 0 saturated heterocycles. The molecule has 0 N–H and O–H groups in total. The second kappa shape index (κ2) is 5.35. The fourth-order valence-electron chi connectivity index (χ4n) is 1.26. The second-order valence-electron chi connectivity index (χ2n) is 3.56. The predicted octanol–water partition coefficient (Wildman–Crippen LogP) is 3.29. The van der Waals surface area contributed by atoms with Gasteiger partial charge < -0.3 is 4.74 Å². The molecule has 1 aromatic carbocycles. The van der Waals surface area contributed by atoms with E-state index in [1.807, 2.05) is 26.0 Å². The van der Waals surface area contributed by atoms with Gasteiger partial charge in [-0.3, -0.25) is 0 Å². The van der Waals surface area contributed by atoms with Gasteiger partial charge in [0, 0.05) is 0 Å². The Kier molecular flexibility index (Phi) is 4.10. The highest BCUT2D eigenvalue weighted by atomic mass is 16.5. The van der Waals surface area contributed by atoms with E-state index < -0.39 is 0 Å². The third-order valence-electron chi connectivity index (χ3n) is 1.88. The molecule has 0 spiro atoms. The maximum atomic E-state index is 11.3. The molecule has 0 bridgehead atoms. The summed E-state index contributed by atoms with van der Waals surface area (Å²) in [5.41, 5.74) is 2.93. The Bertz CT molecular complexity index is 357. The average Bonchev–Trinajstić information content (AvgIpc) is 2.18. The summed E-state index contributed by atoms with van der Waals surface area (Å²) in [5, 5.41) is 0. The number of allylic oxidation sites excluding steroid dienone is 1. The highest BCUT2D eigenvalue weighted by molar-refractivity contribution is 5.89. The van der Waals surface area contributed by atoms with Crippen LogP contribution in [0, 0.1) is 0 Å². The van der Waals surface area contributed by atoms with Gasteiger partial charge in [0.25, 0.3) is 0 Å². The molecular formula is C13H16O2. The first kappa shape index (κ1) is 11.5. The van der Waals surface area contributed by atoms with E-state index in [9.17, 15) is 4.79 Å². The van der Waals surface area contributed by atoms with E-state index in [0.29, 0.717) is 12.2 Å². The molecule has 80 valence electrons. The summed E-state index contributed by atoms with van der Waals surface area (Å²) in [6.45, 7) is 6.29. The number of carbonyl (C=O) groups is 1. The molecule has 0 fully saturated rings. The number of esters is 1. The lowest BCUT2D eigenvalue weighted by Crippen LogP contribution is -2.03. The van der Waals surface area contributed by atoms with Gasteiger partial charge in [-0.25, -0.2) is 4.79 Å². The number of hydrogen-bond donors (Lipinski definition) is 0. The highest BCUT2D eigenvalue weighted by Gasteiger charge is 2.04. The van der Waals surface area contributed by atoms with Crippen LogP contribution in [0.4, 0.5) is 0 Å². The molecule has 0 atom stereocenters. The molecule has 0 amide bonds. The average molecular weight is 204 g/mol. The molecule has 0 aliphatic heterocycles. The molecule has 0 aliphatic rings. The molecule has 0 saturated carbocycles. The van der Waals surface area contributed by atoms with E-state index in [4.69, 9.17) is 4.74 Å². The number of ether oxygens (including phenoxy) is 1. The van der Waals surface area contributed by atoms with Gasteiger partial charge in [-0.15, -0.1) is 0 Å². The van der Waals surface area contributed by atoms with Crippen LogP contribution in [0.5, 0.6) is 0 Å². The lowest BCUT2D eigenvalue weighted by molar-refractivity contribution is 0.0526. The van der Waals surface area contributed by atoms with Crippen LogP contribution in [-0.4, -0.2) is 12.6 Å². The van der Waals surface area contributed by atoms with Gasteiger partial charge in [0.2, 0.25) is 0 Å². The Morgan fingerprint density at radius 1 is 1.27 bits per heavy atom. The van der Waals surface area contributed by atoms with Crippen LogP contribution in [0.25, 0.3) is 6.08 Å². The Hall–Kier alpha value is -1.57. The summed E-state index contributed by atoms with van der Waals surface area (Å²) >= 11 is 0. The Labute approximate surface area is 90.6 Å². The van der Waals surface area contributed by atoms with E-state index >= 15 is 0 Å². The summed E-state index contributed by atoms with van der Waals surface area (Å²) in [6, 6.07) is 7.40. The summed E-state index contributed by atoms with van der Waals surface area (Å²) < 4.78 is 4.89. The minimum Gasteiger partial charge on any atom is -0.462 e. The van der Waals surface area contributed by atoms with Crippen molar-refractivity contribution < 1.29 is 9.53 Å². The Balaban J connectivity index is 2.81. The number of rotatable bonds is 3. The maximum absolute atomic E-state index is 11.3. The molecule has 2 heteroatoms. The largest absolute Gasteiger partial charge is 0.462 e. The molecule has 0 unspecified atom stereocenters. The zero-order valence-corrected chi connectivity index (χ0v) is 9.41. The van der Waals surface area contributed by atoms with Gasteiger partial charge in [0.15, 0.2) is 0 Å². The molecule has 15 heavy (non-hydrogen) atoms. The number of benzene rings is 1. The monoisotopic (exact) mass is 204 g/mol. The van der Waals surface area contributed by atoms with Crippen LogP contribution in [0.1, 0.15) is 36.7 Å². The smallest absolute Gasteiger partial charge is 0.338 e. The van der Waals surface area contributed by atoms with Crippen molar-refractivity contribution >= 4 is 12.0 Å². The van der Waals surface area contributed by atoms with Gasteiger partial charge in [-0.05, 0) is 38.5 Å². The van der Waals surface area contributed by atoms with E-state index in [1.165, 1.54) is 5.57 Å². The minimum absolute atomic E-state index is 0.263. The number of hydrogen-bond acceptors (Lipinski definition) is 2. The molecule has 0 aromatic heterocycles. The lowest BCUT2D eigenvalue weighted by atomic mass is 10.1. The van der Waals surface area contributed by atoms with Gasteiger partial charge in [0.05, 0.1) is 12.2 Å². The van der Waals surface area contributed by atoms with E-state index in [0.717, 1.165) is 5.56 Å². The molecular weight excluding hydrogens is 188 g/mol. The van der Waals surface area contributed by atoms with Crippen molar-refractivity contribution in [1.82, 2.24) is 0 Å². The summed E-state index contributed by atoms with van der Waals surface area (Å²) in [7, 11) is 0. The van der Waals surface area contributed by atoms with Crippen molar-refractivity contribution in [2.75, 3.05) is 6.61 Å². The summed E-state index contributed by atoms with van der Waals surface area (Å²) in [4.78, 5) is 11.3. The first-order valence-electron chi connectivity index (χ1n) is 5.05. The van der Waals surface area contributed by atoms with Crippen LogP contribution in [0.2, 0.25) is 0 Å². The van der Waals surface area contributed by atoms with Gasteiger partial charge >= 0.3 is 5.97 Å². The fourth-order valence-corrected chi connectivity index (χ4v) is 1.26. The normalized spacial score (nSPS) is 9.53. The first-order valence-corrected chi connectivity index (χ1v) is 5.05. The molecule has 1 aromatic rings. The van der Waals surface area contributed by atoms with Crippen LogP contribution in [0.15, 0.2) is 29.8 Å². The van der Waals surface area contributed by atoms with Crippen LogP contribution in [0.3, 0.4) is 0 Å². The van der Waals surface area contributed by atoms with E-state index in [1.54, 1.807) is 19.1 Å². The maximum Gasteiger partial charge on any atom is 0.338 e. The van der Waals surface area contributed by atoms with Crippen molar-refractivity contribution in [3.63, 3.8) is 0 Å². The third-order valence-corrected chi connectivity index (χ3v) is 1.88. The van der Waals surface area contributed by atoms with Crippen molar-refractivity contribution in [2.24, 2.45) is 0 Å². The minimum atomic E-state index is -0.263.